The number of halogens is 3. The lowest BCUT2D eigenvalue weighted by molar-refractivity contribution is -0.175. The van der Waals surface area contributed by atoms with Crippen molar-refractivity contribution in [3.8, 4) is 0 Å². The quantitative estimate of drug-likeness (QED) is 0.757. The van der Waals surface area contributed by atoms with Gasteiger partial charge in [0.1, 0.15) is 13.2 Å². The molecule has 18 heavy (non-hydrogen) atoms. The molecule has 1 aliphatic rings. The number of carbonyl (C=O) groups excluding carboxylic acids is 1. The summed E-state index contributed by atoms with van der Waals surface area (Å²) >= 11 is 0. The van der Waals surface area contributed by atoms with Crippen LogP contribution in [-0.4, -0.2) is 44.9 Å². The van der Waals surface area contributed by atoms with E-state index < -0.39 is 25.3 Å². The Bertz CT molecular complexity index is 253. The third-order valence-corrected chi connectivity index (χ3v) is 2.83. The van der Waals surface area contributed by atoms with Crippen LogP contribution in [0.15, 0.2) is 0 Å². The van der Waals surface area contributed by atoms with Crippen LogP contribution in [0, 0.1) is 5.92 Å². The van der Waals surface area contributed by atoms with Gasteiger partial charge in [0.05, 0.1) is 0 Å². The third kappa shape index (κ3) is 7.50. The van der Waals surface area contributed by atoms with E-state index in [9.17, 15) is 18.0 Å². The van der Waals surface area contributed by atoms with Crippen LogP contribution in [0.5, 0.6) is 0 Å². The fourth-order valence-corrected chi connectivity index (χ4v) is 1.90. The van der Waals surface area contributed by atoms with Crippen LogP contribution in [0.1, 0.15) is 19.3 Å². The second-order valence-corrected chi connectivity index (χ2v) is 4.44. The number of ether oxygens (including phenoxy) is 1. The molecule has 1 heterocycles. The maximum atomic E-state index is 11.7. The Hall–Kier alpha value is -0.820. The van der Waals surface area contributed by atoms with Gasteiger partial charge in [-0.25, -0.2) is 0 Å². The number of rotatable bonds is 6. The topological polar surface area (TPSA) is 50.4 Å². The van der Waals surface area contributed by atoms with E-state index in [1.54, 1.807) is 0 Å². The molecule has 0 atom stereocenters. The first-order valence-electron chi connectivity index (χ1n) is 6.09. The molecule has 0 unspecified atom stereocenters. The number of carbonyl (C=O) groups is 1. The number of amides is 1. The second kappa shape index (κ2) is 7.58. The zero-order chi connectivity index (χ0) is 13.4. The van der Waals surface area contributed by atoms with Crippen molar-refractivity contribution in [2.75, 3.05) is 32.8 Å². The van der Waals surface area contributed by atoms with E-state index in [0.29, 0.717) is 12.5 Å². The van der Waals surface area contributed by atoms with Crippen LogP contribution >= 0.6 is 0 Å². The number of piperidine rings is 1. The molecule has 0 aromatic heterocycles. The Kier molecular flexibility index (Phi) is 6.42. The van der Waals surface area contributed by atoms with Gasteiger partial charge in [0.25, 0.3) is 0 Å². The van der Waals surface area contributed by atoms with Crippen LogP contribution in [-0.2, 0) is 9.53 Å². The fraction of sp³-hybridized carbons (Fsp3) is 0.909. The van der Waals surface area contributed by atoms with Crippen LogP contribution in [0.4, 0.5) is 13.2 Å². The molecule has 106 valence electrons. The number of alkyl halides is 3. The van der Waals surface area contributed by atoms with Gasteiger partial charge in [-0.1, -0.05) is 0 Å². The highest BCUT2D eigenvalue weighted by molar-refractivity contribution is 5.77. The lowest BCUT2D eigenvalue weighted by Crippen LogP contribution is -2.33. The van der Waals surface area contributed by atoms with Crippen molar-refractivity contribution < 1.29 is 22.7 Å². The van der Waals surface area contributed by atoms with E-state index in [1.807, 2.05) is 0 Å². The van der Waals surface area contributed by atoms with Gasteiger partial charge in [-0.05, 0) is 38.3 Å². The molecular formula is C11H19F3N2O2. The van der Waals surface area contributed by atoms with Gasteiger partial charge < -0.3 is 15.4 Å². The summed E-state index contributed by atoms with van der Waals surface area (Å²) in [7, 11) is 0. The third-order valence-electron chi connectivity index (χ3n) is 2.83. The number of nitrogens with one attached hydrogen (secondary N) is 2. The summed E-state index contributed by atoms with van der Waals surface area (Å²) in [6.07, 6.45) is -1.34. The molecule has 1 saturated heterocycles. The minimum atomic E-state index is -4.38. The normalized spacial score (nSPS) is 17.7. The summed E-state index contributed by atoms with van der Waals surface area (Å²) in [6.45, 7) is 0.569. The maximum Gasteiger partial charge on any atom is 0.411 e. The molecule has 1 aliphatic heterocycles. The molecule has 0 aromatic rings. The van der Waals surface area contributed by atoms with E-state index in [4.69, 9.17) is 0 Å². The number of hydrogen-bond acceptors (Lipinski definition) is 3. The predicted octanol–water partition coefficient (Wildman–Crippen LogP) is 1.07. The molecule has 0 aromatic carbocycles. The SMILES string of the molecule is O=C(COCC(F)(F)F)NCCC1CCNCC1. The van der Waals surface area contributed by atoms with Gasteiger partial charge in [0, 0.05) is 6.54 Å². The summed E-state index contributed by atoms with van der Waals surface area (Å²) in [4.78, 5) is 11.2. The molecule has 4 nitrogen and oxygen atoms in total. The summed E-state index contributed by atoms with van der Waals surface area (Å²) in [5, 5.41) is 5.81. The molecule has 1 amide bonds. The van der Waals surface area contributed by atoms with E-state index in [0.717, 1.165) is 32.4 Å². The number of hydrogen-bond donors (Lipinski definition) is 2. The maximum absolute atomic E-state index is 11.7. The molecule has 7 heteroatoms. The standard InChI is InChI=1S/C11H19F3N2O2/c12-11(13,14)8-18-7-10(17)16-6-3-9-1-4-15-5-2-9/h9,15H,1-8H2,(H,16,17). The lowest BCUT2D eigenvalue weighted by Gasteiger charge is -2.22. The second-order valence-electron chi connectivity index (χ2n) is 4.44. The lowest BCUT2D eigenvalue weighted by atomic mass is 9.95. The Morgan fingerprint density at radius 3 is 2.61 bits per heavy atom. The van der Waals surface area contributed by atoms with Gasteiger partial charge >= 0.3 is 6.18 Å². The fourth-order valence-electron chi connectivity index (χ4n) is 1.90. The van der Waals surface area contributed by atoms with Crippen molar-refractivity contribution >= 4 is 5.91 Å². The summed E-state index contributed by atoms with van der Waals surface area (Å²) in [5.41, 5.74) is 0. The van der Waals surface area contributed by atoms with Crippen molar-refractivity contribution in [1.82, 2.24) is 10.6 Å². The molecule has 0 spiro atoms. The highest BCUT2D eigenvalue weighted by Gasteiger charge is 2.27. The molecule has 0 saturated carbocycles. The summed E-state index contributed by atoms with van der Waals surface area (Å²) in [6, 6.07) is 0. The Balaban J connectivity index is 1.99. The van der Waals surface area contributed by atoms with Gasteiger partial charge in [-0.15, -0.1) is 0 Å². The summed E-state index contributed by atoms with van der Waals surface area (Å²) < 4.78 is 39.5. The van der Waals surface area contributed by atoms with Crippen molar-refractivity contribution in [2.24, 2.45) is 5.92 Å². The van der Waals surface area contributed by atoms with Crippen molar-refractivity contribution in [3.63, 3.8) is 0 Å². The Morgan fingerprint density at radius 1 is 1.33 bits per heavy atom. The molecular weight excluding hydrogens is 249 g/mol. The first kappa shape index (κ1) is 15.2. The predicted molar refractivity (Wildman–Crippen MR) is 60.1 cm³/mol. The monoisotopic (exact) mass is 268 g/mol. The molecule has 0 radical (unpaired) electrons. The van der Waals surface area contributed by atoms with Crippen LogP contribution in [0.2, 0.25) is 0 Å². The zero-order valence-electron chi connectivity index (χ0n) is 10.2. The van der Waals surface area contributed by atoms with Crippen LogP contribution in [0.25, 0.3) is 0 Å². The molecule has 2 N–H and O–H groups in total. The van der Waals surface area contributed by atoms with Crippen LogP contribution in [0.3, 0.4) is 0 Å². The van der Waals surface area contributed by atoms with Crippen molar-refractivity contribution in [3.05, 3.63) is 0 Å². The first-order valence-corrected chi connectivity index (χ1v) is 6.09. The molecule has 0 bridgehead atoms. The van der Waals surface area contributed by atoms with Crippen LogP contribution < -0.4 is 10.6 Å². The van der Waals surface area contributed by atoms with E-state index >= 15 is 0 Å². The molecule has 1 rings (SSSR count). The molecule has 1 fully saturated rings. The van der Waals surface area contributed by atoms with Gasteiger partial charge in [-0.2, -0.15) is 13.2 Å². The van der Waals surface area contributed by atoms with Gasteiger partial charge in [0.15, 0.2) is 0 Å². The zero-order valence-corrected chi connectivity index (χ0v) is 10.2. The van der Waals surface area contributed by atoms with Crippen molar-refractivity contribution in [1.29, 1.82) is 0 Å². The van der Waals surface area contributed by atoms with E-state index in [-0.39, 0.29) is 0 Å². The first-order chi connectivity index (χ1) is 8.47. The highest BCUT2D eigenvalue weighted by Crippen LogP contribution is 2.15. The molecule has 0 aliphatic carbocycles. The average Bonchev–Trinajstić information content (AvgIpc) is 2.28. The Labute approximate surface area is 104 Å². The van der Waals surface area contributed by atoms with Gasteiger partial charge in [-0.3, -0.25) is 4.79 Å². The highest BCUT2D eigenvalue weighted by atomic mass is 19.4. The van der Waals surface area contributed by atoms with Gasteiger partial charge in [0.2, 0.25) is 5.91 Å². The van der Waals surface area contributed by atoms with E-state index in [2.05, 4.69) is 15.4 Å². The Morgan fingerprint density at radius 2 is 2.00 bits per heavy atom. The van der Waals surface area contributed by atoms with E-state index in [1.165, 1.54) is 0 Å². The smallest absolute Gasteiger partial charge is 0.362 e. The minimum absolute atomic E-state index is 0.492. The summed E-state index contributed by atoms with van der Waals surface area (Å²) in [5.74, 6) is 0.0934. The minimum Gasteiger partial charge on any atom is -0.362 e. The van der Waals surface area contributed by atoms with Crippen molar-refractivity contribution in [2.45, 2.75) is 25.4 Å². The largest absolute Gasteiger partial charge is 0.411 e. The average molecular weight is 268 g/mol.